The van der Waals surface area contributed by atoms with Crippen molar-refractivity contribution in [2.45, 2.75) is 43.4 Å². The third kappa shape index (κ3) is 3.73. The Hall–Kier alpha value is -2.40. The molecule has 0 saturated heterocycles. The van der Waals surface area contributed by atoms with Gasteiger partial charge in [-0.2, -0.15) is 0 Å². The molecule has 1 unspecified atom stereocenters. The zero-order valence-corrected chi connectivity index (χ0v) is 15.9. The van der Waals surface area contributed by atoms with Gasteiger partial charge in [0.1, 0.15) is 5.25 Å². The lowest BCUT2D eigenvalue weighted by atomic mass is 10.0. The van der Waals surface area contributed by atoms with E-state index in [2.05, 4.69) is 0 Å². The average Bonchev–Trinajstić information content (AvgIpc) is 2.64. The lowest BCUT2D eigenvalue weighted by molar-refractivity contribution is -0.129. The second-order valence-corrected chi connectivity index (χ2v) is 8.77. The summed E-state index contributed by atoms with van der Waals surface area (Å²) in [5, 5.41) is -1.06. The van der Waals surface area contributed by atoms with Crippen molar-refractivity contribution in [2.24, 2.45) is 0 Å². The van der Waals surface area contributed by atoms with E-state index in [4.69, 9.17) is 0 Å². The fourth-order valence-electron chi connectivity index (χ4n) is 3.12. The monoisotopic (exact) mass is 369 g/mol. The molecule has 1 aliphatic rings. The van der Waals surface area contributed by atoms with E-state index in [1.165, 1.54) is 0 Å². The molecule has 2 aromatic rings. The third-order valence-electron chi connectivity index (χ3n) is 4.72. The molecule has 1 aliphatic heterocycles. The van der Waals surface area contributed by atoms with E-state index in [1.807, 2.05) is 50.4 Å². The molecule has 1 atom stereocenters. The van der Waals surface area contributed by atoms with E-state index in [0.29, 0.717) is 6.54 Å². The van der Waals surface area contributed by atoms with E-state index >= 15 is 0 Å². The number of hydrogen-bond donors (Lipinski definition) is 0. The minimum absolute atomic E-state index is 0.207. The van der Waals surface area contributed by atoms with Crippen LogP contribution in [0.25, 0.3) is 0 Å². The fourth-order valence-corrected chi connectivity index (χ4v) is 4.80. The van der Waals surface area contributed by atoms with Gasteiger partial charge >= 0.3 is 0 Å². The Labute approximate surface area is 155 Å². The second-order valence-electron chi connectivity index (χ2n) is 6.64. The number of benzene rings is 2. The summed E-state index contributed by atoms with van der Waals surface area (Å²) in [4.78, 5) is 14.7. The second kappa shape index (κ2) is 7.46. The summed E-state index contributed by atoms with van der Waals surface area (Å²) in [6.45, 7) is 4.27. The number of rotatable bonds is 5. The summed E-state index contributed by atoms with van der Waals surface area (Å²) in [6, 6.07) is 16.3. The maximum atomic E-state index is 13.1. The summed E-state index contributed by atoms with van der Waals surface area (Å²) in [5.41, 5.74) is 2.93. The number of amides is 1. The van der Waals surface area contributed by atoms with Crippen LogP contribution in [-0.2, 0) is 21.2 Å². The standard InChI is InChI=1S/C21H23NO3S/c1-3-17-13-20(26(24,25)19-11-9-16(2)10-12-19)21(23)22(14-17)15-18-7-5-4-6-8-18/h4-12,14,20H,3,13,15H2,1-2H3. The van der Waals surface area contributed by atoms with E-state index in [0.717, 1.165) is 23.1 Å². The first-order valence-corrected chi connectivity index (χ1v) is 10.3. The fraction of sp³-hybridized carbons (Fsp3) is 0.286. The summed E-state index contributed by atoms with van der Waals surface area (Å²) in [6.07, 6.45) is 2.80. The van der Waals surface area contributed by atoms with Crippen molar-refractivity contribution in [1.29, 1.82) is 0 Å². The Balaban J connectivity index is 1.94. The largest absolute Gasteiger partial charge is 0.314 e. The van der Waals surface area contributed by atoms with Crippen LogP contribution in [0, 0.1) is 6.92 Å². The molecular formula is C21H23NO3S. The van der Waals surface area contributed by atoms with E-state index in [9.17, 15) is 13.2 Å². The number of aryl methyl sites for hydroxylation is 1. The van der Waals surface area contributed by atoms with Crippen molar-refractivity contribution in [2.75, 3.05) is 0 Å². The Bertz CT molecular complexity index is 915. The molecule has 0 aliphatic carbocycles. The first-order chi connectivity index (χ1) is 12.4. The van der Waals surface area contributed by atoms with Gasteiger partial charge in [0.25, 0.3) is 0 Å². The van der Waals surface area contributed by atoms with Gasteiger partial charge < -0.3 is 4.90 Å². The molecule has 3 rings (SSSR count). The maximum absolute atomic E-state index is 13.1. The smallest absolute Gasteiger partial charge is 0.245 e. The molecule has 0 radical (unpaired) electrons. The van der Waals surface area contributed by atoms with Crippen LogP contribution < -0.4 is 0 Å². The summed E-state index contributed by atoms with van der Waals surface area (Å²) in [5.74, 6) is -0.355. The molecule has 0 spiro atoms. The number of hydrogen-bond acceptors (Lipinski definition) is 3. The molecule has 0 fully saturated rings. The molecule has 0 N–H and O–H groups in total. The summed E-state index contributed by atoms with van der Waals surface area (Å²) < 4.78 is 26.2. The Morgan fingerprint density at radius 3 is 2.31 bits per heavy atom. The van der Waals surface area contributed by atoms with E-state index in [-0.39, 0.29) is 17.2 Å². The number of sulfone groups is 1. The lowest BCUT2D eigenvalue weighted by Crippen LogP contribution is -2.43. The molecule has 26 heavy (non-hydrogen) atoms. The van der Waals surface area contributed by atoms with Crippen LogP contribution in [0.1, 0.15) is 30.9 Å². The molecular weight excluding hydrogens is 346 g/mol. The van der Waals surface area contributed by atoms with Gasteiger partial charge in [0.15, 0.2) is 9.84 Å². The Morgan fingerprint density at radius 2 is 1.69 bits per heavy atom. The highest BCUT2D eigenvalue weighted by Crippen LogP contribution is 2.29. The van der Waals surface area contributed by atoms with Crippen molar-refractivity contribution in [3.8, 4) is 0 Å². The predicted molar refractivity (Wildman–Crippen MR) is 102 cm³/mol. The highest BCUT2D eigenvalue weighted by molar-refractivity contribution is 7.92. The number of carbonyl (C=O) groups excluding carboxylic acids is 1. The average molecular weight is 369 g/mol. The van der Waals surface area contributed by atoms with Crippen molar-refractivity contribution < 1.29 is 13.2 Å². The first-order valence-electron chi connectivity index (χ1n) is 8.76. The topological polar surface area (TPSA) is 54.5 Å². The van der Waals surface area contributed by atoms with Gasteiger partial charge in [-0.3, -0.25) is 4.79 Å². The van der Waals surface area contributed by atoms with Gasteiger partial charge in [0.05, 0.1) is 11.4 Å². The Kier molecular flexibility index (Phi) is 5.28. The van der Waals surface area contributed by atoms with Crippen LogP contribution in [0.3, 0.4) is 0 Å². The van der Waals surface area contributed by atoms with Crippen LogP contribution in [0.4, 0.5) is 0 Å². The number of nitrogens with zero attached hydrogens (tertiary/aromatic N) is 1. The normalized spacial score (nSPS) is 17.9. The van der Waals surface area contributed by atoms with Crippen molar-refractivity contribution in [1.82, 2.24) is 4.90 Å². The van der Waals surface area contributed by atoms with Crippen LogP contribution in [0.15, 0.2) is 71.3 Å². The minimum Gasteiger partial charge on any atom is -0.314 e. The molecule has 1 amide bonds. The van der Waals surface area contributed by atoms with Crippen LogP contribution in [0.2, 0.25) is 0 Å². The molecule has 0 aromatic heterocycles. The van der Waals surface area contributed by atoms with Gasteiger partial charge in [0.2, 0.25) is 5.91 Å². The SMILES string of the molecule is CCC1=CN(Cc2ccccc2)C(=O)C(S(=O)(=O)c2ccc(C)cc2)C1. The van der Waals surface area contributed by atoms with E-state index in [1.54, 1.807) is 29.2 Å². The van der Waals surface area contributed by atoms with Gasteiger partial charge in [-0.1, -0.05) is 60.5 Å². The molecule has 0 bridgehead atoms. The maximum Gasteiger partial charge on any atom is 0.245 e. The van der Waals surface area contributed by atoms with Gasteiger partial charge in [-0.05, 0) is 37.5 Å². The van der Waals surface area contributed by atoms with Crippen LogP contribution in [-0.4, -0.2) is 24.5 Å². The molecule has 4 nitrogen and oxygen atoms in total. The highest BCUT2D eigenvalue weighted by Gasteiger charge is 2.39. The third-order valence-corrected chi connectivity index (χ3v) is 6.77. The molecule has 1 heterocycles. The molecule has 136 valence electrons. The van der Waals surface area contributed by atoms with Crippen molar-refractivity contribution in [3.63, 3.8) is 0 Å². The summed E-state index contributed by atoms with van der Waals surface area (Å²) >= 11 is 0. The van der Waals surface area contributed by atoms with Gasteiger partial charge in [0, 0.05) is 6.20 Å². The molecule has 2 aromatic carbocycles. The zero-order valence-electron chi connectivity index (χ0n) is 15.1. The van der Waals surface area contributed by atoms with Crippen LogP contribution in [0.5, 0.6) is 0 Å². The van der Waals surface area contributed by atoms with Gasteiger partial charge in [-0.15, -0.1) is 0 Å². The first kappa shape index (κ1) is 18.4. The zero-order chi connectivity index (χ0) is 18.7. The lowest BCUT2D eigenvalue weighted by Gasteiger charge is -2.30. The number of carbonyl (C=O) groups is 1. The van der Waals surface area contributed by atoms with E-state index < -0.39 is 15.1 Å². The van der Waals surface area contributed by atoms with Crippen LogP contribution >= 0.6 is 0 Å². The predicted octanol–water partition coefficient (Wildman–Crippen LogP) is 3.86. The quantitative estimate of drug-likeness (QED) is 0.804. The summed E-state index contributed by atoms with van der Waals surface area (Å²) in [7, 11) is -3.73. The molecule has 5 heteroatoms. The minimum atomic E-state index is -3.73. The highest BCUT2D eigenvalue weighted by atomic mass is 32.2. The Morgan fingerprint density at radius 1 is 1.04 bits per heavy atom. The van der Waals surface area contributed by atoms with Gasteiger partial charge in [-0.25, -0.2) is 8.42 Å². The number of allylic oxidation sites excluding steroid dienone is 1. The molecule has 0 saturated carbocycles. The van der Waals surface area contributed by atoms with Crippen molar-refractivity contribution >= 4 is 15.7 Å². The van der Waals surface area contributed by atoms with Crippen molar-refractivity contribution in [3.05, 3.63) is 77.5 Å².